The van der Waals surface area contributed by atoms with Crippen LogP contribution in [0.15, 0.2) is 24.3 Å². The summed E-state index contributed by atoms with van der Waals surface area (Å²) in [5.41, 5.74) is 7.98. The van der Waals surface area contributed by atoms with Crippen LogP contribution in [-0.4, -0.2) is 5.60 Å². The van der Waals surface area contributed by atoms with Crippen LogP contribution >= 0.6 is 0 Å². The molecule has 0 aliphatic heterocycles. The van der Waals surface area contributed by atoms with E-state index in [1.165, 1.54) is 11.1 Å². The normalized spacial score (nSPS) is 11.7. The highest BCUT2D eigenvalue weighted by molar-refractivity contribution is 5.26. The summed E-state index contributed by atoms with van der Waals surface area (Å²) >= 11 is 0. The molecular weight excluding hydrogens is 186 g/mol. The summed E-state index contributed by atoms with van der Waals surface area (Å²) in [6.07, 6.45) is 1.01. The van der Waals surface area contributed by atoms with Gasteiger partial charge in [0.05, 0.1) is 12.2 Å². The fraction of sp³-hybridized carbons (Fsp3) is 0.538. The largest absolute Gasteiger partial charge is 0.371 e. The second-order valence-electron chi connectivity index (χ2n) is 4.37. The molecule has 0 saturated carbocycles. The van der Waals surface area contributed by atoms with E-state index in [1.54, 1.807) is 0 Å². The van der Waals surface area contributed by atoms with Gasteiger partial charge in [-0.1, -0.05) is 31.2 Å². The van der Waals surface area contributed by atoms with E-state index in [0.717, 1.165) is 6.42 Å². The minimum atomic E-state index is -0.0539. The summed E-state index contributed by atoms with van der Waals surface area (Å²) in [6, 6.07) is 8.17. The van der Waals surface area contributed by atoms with Crippen molar-refractivity contribution in [3.63, 3.8) is 0 Å². The first-order chi connectivity index (χ1) is 7.09. The molecule has 0 unspecified atom stereocenters. The maximum absolute atomic E-state index is 5.85. The van der Waals surface area contributed by atoms with Gasteiger partial charge in [-0.2, -0.15) is 0 Å². The van der Waals surface area contributed by atoms with Crippen LogP contribution in [0.2, 0.25) is 0 Å². The van der Waals surface area contributed by atoms with E-state index in [0.29, 0.717) is 13.2 Å². The molecule has 0 bridgehead atoms. The van der Waals surface area contributed by atoms with E-state index in [-0.39, 0.29) is 5.60 Å². The molecule has 0 aliphatic rings. The molecule has 0 aromatic heterocycles. The first-order valence-electron chi connectivity index (χ1n) is 5.50. The summed E-state index contributed by atoms with van der Waals surface area (Å²) in [6.45, 7) is 7.57. The Morgan fingerprint density at radius 3 is 2.33 bits per heavy atom. The van der Waals surface area contributed by atoms with Crippen molar-refractivity contribution >= 4 is 0 Å². The zero-order valence-corrected chi connectivity index (χ0v) is 9.92. The highest BCUT2D eigenvalue weighted by Gasteiger charge is 2.15. The number of hydrogen-bond donors (Lipinski definition) is 1. The van der Waals surface area contributed by atoms with Gasteiger partial charge < -0.3 is 10.5 Å². The van der Waals surface area contributed by atoms with Crippen LogP contribution in [0.5, 0.6) is 0 Å². The molecule has 0 spiro atoms. The lowest BCUT2D eigenvalue weighted by Crippen LogP contribution is -2.23. The third-order valence-corrected chi connectivity index (χ3v) is 2.81. The van der Waals surface area contributed by atoms with Crippen molar-refractivity contribution in [3.05, 3.63) is 35.4 Å². The van der Waals surface area contributed by atoms with Crippen molar-refractivity contribution in [2.45, 2.75) is 45.9 Å². The summed E-state index contributed by atoms with van der Waals surface area (Å²) in [5.74, 6) is 0. The fourth-order valence-corrected chi connectivity index (χ4v) is 1.27. The average molecular weight is 207 g/mol. The predicted molar refractivity (Wildman–Crippen MR) is 63.5 cm³/mol. The first kappa shape index (κ1) is 12.2. The molecule has 1 aromatic rings. The molecule has 1 rings (SSSR count). The molecule has 0 heterocycles. The second kappa shape index (κ2) is 5.29. The molecule has 2 nitrogen and oxygen atoms in total. The summed E-state index contributed by atoms with van der Waals surface area (Å²) in [4.78, 5) is 0. The molecule has 2 N–H and O–H groups in total. The number of rotatable bonds is 5. The second-order valence-corrected chi connectivity index (χ2v) is 4.37. The molecule has 15 heavy (non-hydrogen) atoms. The Labute approximate surface area is 92.4 Å². The lowest BCUT2D eigenvalue weighted by Gasteiger charge is -2.24. The van der Waals surface area contributed by atoms with Crippen LogP contribution in [0.4, 0.5) is 0 Å². The topological polar surface area (TPSA) is 35.2 Å². The lowest BCUT2D eigenvalue weighted by atomic mass is 10.1. The summed E-state index contributed by atoms with van der Waals surface area (Å²) in [5, 5.41) is 0. The summed E-state index contributed by atoms with van der Waals surface area (Å²) in [7, 11) is 0. The van der Waals surface area contributed by atoms with E-state index in [9.17, 15) is 0 Å². The molecular formula is C13H21NO. The standard InChI is InChI=1S/C13H21NO/c1-4-13(2,3)15-10-12-8-6-5-7-11(12)9-14/h5-8H,4,9-10,14H2,1-3H3. The Morgan fingerprint density at radius 2 is 1.80 bits per heavy atom. The summed E-state index contributed by atoms with van der Waals surface area (Å²) < 4.78 is 5.85. The van der Waals surface area contributed by atoms with Gasteiger partial charge in [-0.3, -0.25) is 0 Å². The monoisotopic (exact) mass is 207 g/mol. The third-order valence-electron chi connectivity index (χ3n) is 2.81. The Kier molecular flexibility index (Phi) is 4.30. The zero-order valence-electron chi connectivity index (χ0n) is 9.92. The quantitative estimate of drug-likeness (QED) is 0.805. The smallest absolute Gasteiger partial charge is 0.0727 e. The molecule has 0 saturated heterocycles. The molecule has 0 atom stereocenters. The fourth-order valence-electron chi connectivity index (χ4n) is 1.27. The van der Waals surface area contributed by atoms with Crippen LogP contribution in [-0.2, 0) is 17.9 Å². The van der Waals surface area contributed by atoms with Crippen LogP contribution in [0.3, 0.4) is 0 Å². The van der Waals surface area contributed by atoms with Gasteiger partial charge in [-0.05, 0) is 31.4 Å². The van der Waals surface area contributed by atoms with Gasteiger partial charge in [0.25, 0.3) is 0 Å². The number of ether oxygens (including phenoxy) is 1. The van der Waals surface area contributed by atoms with E-state index in [4.69, 9.17) is 10.5 Å². The molecule has 0 aliphatic carbocycles. The van der Waals surface area contributed by atoms with Gasteiger partial charge in [0.15, 0.2) is 0 Å². The van der Waals surface area contributed by atoms with Gasteiger partial charge >= 0.3 is 0 Å². The Morgan fingerprint density at radius 1 is 1.20 bits per heavy atom. The van der Waals surface area contributed by atoms with Gasteiger partial charge in [-0.15, -0.1) is 0 Å². The van der Waals surface area contributed by atoms with Gasteiger partial charge in [0, 0.05) is 6.54 Å². The lowest BCUT2D eigenvalue weighted by molar-refractivity contribution is -0.0318. The van der Waals surface area contributed by atoms with Crippen molar-refractivity contribution in [2.24, 2.45) is 5.73 Å². The molecule has 1 aromatic carbocycles. The average Bonchev–Trinajstić information content (AvgIpc) is 2.27. The SMILES string of the molecule is CCC(C)(C)OCc1ccccc1CN. The highest BCUT2D eigenvalue weighted by Crippen LogP contribution is 2.18. The first-order valence-corrected chi connectivity index (χ1v) is 5.50. The maximum atomic E-state index is 5.85. The number of hydrogen-bond acceptors (Lipinski definition) is 2. The third kappa shape index (κ3) is 3.65. The minimum Gasteiger partial charge on any atom is -0.371 e. The van der Waals surface area contributed by atoms with Crippen molar-refractivity contribution in [2.75, 3.05) is 0 Å². The van der Waals surface area contributed by atoms with Crippen LogP contribution < -0.4 is 5.73 Å². The minimum absolute atomic E-state index is 0.0539. The van der Waals surface area contributed by atoms with Crippen molar-refractivity contribution in [3.8, 4) is 0 Å². The number of nitrogens with two attached hydrogens (primary N) is 1. The zero-order chi connectivity index (χ0) is 11.3. The maximum Gasteiger partial charge on any atom is 0.0727 e. The Bertz CT molecular complexity index is 307. The Hall–Kier alpha value is -0.860. The highest BCUT2D eigenvalue weighted by atomic mass is 16.5. The van der Waals surface area contributed by atoms with E-state index in [2.05, 4.69) is 32.9 Å². The number of benzene rings is 1. The molecule has 0 amide bonds. The van der Waals surface area contributed by atoms with E-state index < -0.39 is 0 Å². The van der Waals surface area contributed by atoms with Crippen molar-refractivity contribution in [1.29, 1.82) is 0 Å². The predicted octanol–water partition coefficient (Wildman–Crippen LogP) is 2.85. The Balaban J connectivity index is 2.65. The van der Waals surface area contributed by atoms with E-state index in [1.807, 2.05) is 12.1 Å². The van der Waals surface area contributed by atoms with Gasteiger partial charge in [0.2, 0.25) is 0 Å². The van der Waals surface area contributed by atoms with Crippen LogP contribution in [0.25, 0.3) is 0 Å². The molecule has 2 heteroatoms. The molecule has 0 fully saturated rings. The van der Waals surface area contributed by atoms with Gasteiger partial charge in [-0.25, -0.2) is 0 Å². The van der Waals surface area contributed by atoms with Crippen molar-refractivity contribution < 1.29 is 4.74 Å². The van der Waals surface area contributed by atoms with E-state index >= 15 is 0 Å². The van der Waals surface area contributed by atoms with Gasteiger partial charge in [0.1, 0.15) is 0 Å². The van der Waals surface area contributed by atoms with Crippen LogP contribution in [0, 0.1) is 0 Å². The molecule has 0 radical (unpaired) electrons. The van der Waals surface area contributed by atoms with Crippen molar-refractivity contribution in [1.82, 2.24) is 0 Å². The van der Waals surface area contributed by atoms with Crippen LogP contribution in [0.1, 0.15) is 38.3 Å². The molecule has 84 valence electrons.